The van der Waals surface area contributed by atoms with Crippen LogP contribution in [0.5, 0.6) is 17.2 Å². The monoisotopic (exact) mass is 578 g/mol. The van der Waals surface area contributed by atoms with Crippen LogP contribution in [0, 0.1) is 0 Å². The lowest BCUT2D eigenvalue weighted by Crippen LogP contribution is -2.25. The Labute approximate surface area is 241 Å². The number of ether oxygens (including phenoxy) is 3. The number of rotatable bonds is 8. The summed E-state index contributed by atoms with van der Waals surface area (Å²) in [5.74, 6) is 1.13. The van der Waals surface area contributed by atoms with Crippen LogP contribution in [0.2, 0.25) is 5.02 Å². The highest BCUT2D eigenvalue weighted by Gasteiger charge is 2.39. The van der Waals surface area contributed by atoms with Crippen LogP contribution in [0.3, 0.4) is 0 Å². The SMILES string of the molecule is COc1ccc([C@H]2CC(c3ccc(Cl)cc3)=NN2C2=NC(=O)[C@H](CC(=O)Nc3cc(OC)cc(OC)c3)S2)cc1. The molecule has 0 saturated carbocycles. The van der Waals surface area contributed by atoms with Crippen molar-refractivity contribution in [3.05, 3.63) is 82.9 Å². The van der Waals surface area contributed by atoms with Crippen LogP contribution in [0.25, 0.3) is 0 Å². The summed E-state index contributed by atoms with van der Waals surface area (Å²) >= 11 is 7.33. The van der Waals surface area contributed by atoms with Gasteiger partial charge in [0.1, 0.15) is 22.5 Å². The van der Waals surface area contributed by atoms with E-state index < -0.39 is 5.25 Å². The summed E-state index contributed by atoms with van der Waals surface area (Å²) in [6, 6.07) is 20.1. The fourth-order valence-corrected chi connectivity index (χ4v) is 5.64. The second-order valence-electron chi connectivity index (χ2n) is 9.08. The first kappa shape index (κ1) is 27.5. The predicted octanol–water partition coefficient (Wildman–Crippen LogP) is 5.54. The van der Waals surface area contributed by atoms with Gasteiger partial charge in [-0.05, 0) is 35.4 Å². The largest absolute Gasteiger partial charge is 0.497 e. The van der Waals surface area contributed by atoms with Gasteiger partial charge in [0.15, 0.2) is 5.17 Å². The smallest absolute Gasteiger partial charge is 0.262 e. The van der Waals surface area contributed by atoms with E-state index in [0.717, 1.165) is 22.6 Å². The average molecular weight is 579 g/mol. The van der Waals surface area contributed by atoms with Gasteiger partial charge >= 0.3 is 0 Å². The Kier molecular flexibility index (Phi) is 8.27. The van der Waals surface area contributed by atoms with E-state index >= 15 is 0 Å². The number of carbonyl (C=O) groups is 2. The molecular formula is C29H27ClN4O5S. The topological polar surface area (TPSA) is 102 Å². The molecular weight excluding hydrogens is 552 g/mol. The number of benzene rings is 3. The van der Waals surface area contributed by atoms with E-state index in [0.29, 0.717) is 33.8 Å². The van der Waals surface area contributed by atoms with Crippen molar-refractivity contribution in [3.63, 3.8) is 0 Å². The summed E-state index contributed by atoms with van der Waals surface area (Å²) in [4.78, 5) is 30.1. The summed E-state index contributed by atoms with van der Waals surface area (Å²) in [5, 5.41) is 9.89. The maximum Gasteiger partial charge on any atom is 0.262 e. The van der Waals surface area contributed by atoms with Crippen LogP contribution >= 0.6 is 23.4 Å². The first-order valence-electron chi connectivity index (χ1n) is 12.5. The minimum absolute atomic E-state index is 0.0508. The molecule has 0 fully saturated rings. The second kappa shape index (κ2) is 12.0. The van der Waals surface area contributed by atoms with Gasteiger partial charge in [0.05, 0.1) is 33.1 Å². The zero-order valence-electron chi connectivity index (χ0n) is 22.1. The maximum absolute atomic E-state index is 12.9. The summed E-state index contributed by atoms with van der Waals surface area (Å²) in [7, 11) is 4.69. The molecule has 0 saturated heterocycles. The van der Waals surface area contributed by atoms with Gasteiger partial charge in [0.2, 0.25) is 5.91 Å². The molecule has 0 unspecified atom stereocenters. The van der Waals surface area contributed by atoms with Crippen LogP contribution < -0.4 is 19.5 Å². The molecule has 0 bridgehead atoms. The van der Waals surface area contributed by atoms with Crippen LogP contribution in [0.15, 0.2) is 76.8 Å². The van der Waals surface area contributed by atoms with Crippen molar-refractivity contribution in [1.29, 1.82) is 0 Å². The van der Waals surface area contributed by atoms with E-state index in [4.69, 9.17) is 30.9 Å². The number of amides is 2. The third kappa shape index (κ3) is 6.08. The molecule has 206 valence electrons. The third-order valence-corrected chi connectivity index (χ3v) is 7.91. The van der Waals surface area contributed by atoms with Crippen molar-refractivity contribution < 1.29 is 23.8 Å². The number of methoxy groups -OCH3 is 3. The number of halogens is 1. The Morgan fingerprint density at radius 2 is 1.62 bits per heavy atom. The van der Waals surface area contributed by atoms with E-state index in [1.54, 1.807) is 30.3 Å². The number of hydrazone groups is 1. The molecule has 2 aliphatic rings. The minimum Gasteiger partial charge on any atom is -0.497 e. The van der Waals surface area contributed by atoms with Gasteiger partial charge in [-0.1, -0.05) is 47.6 Å². The molecule has 3 aromatic rings. The van der Waals surface area contributed by atoms with Gasteiger partial charge in [-0.15, -0.1) is 0 Å². The lowest BCUT2D eigenvalue weighted by molar-refractivity contribution is -0.121. The molecule has 2 aliphatic heterocycles. The van der Waals surface area contributed by atoms with E-state index in [1.807, 2.05) is 48.5 Å². The maximum atomic E-state index is 12.9. The quantitative estimate of drug-likeness (QED) is 0.374. The molecule has 0 aromatic heterocycles. The highest BCUT2D eigenvalue weighted by atomic mass is 35.5. The fraction of sp³-hybridized carbons (Fsp3) is 0.241. The zero-order chi connectivity index (χ0) is 28.2. The van der Waals surface area contributed by atoms with Crippen LogP contribution in [-0.2, 0) is 9.59 Å². The Morgan fingerprint density at radius 3 is 2.25 bits per heavy atom. The Morgan fingerprint density at radius 1 is 0.975 bits per heavy atom. The van der Waals surface area contributed by atoms with Crippen LogP contribution in [0.4, 0.5) is 5.69 Å². The normalized spacial score (nSPS) is 18.3. The first-order chi connectivity index (χ1) is 19.4. The van der Waals surface area contributed by atoms with Gasteiger partial charge in [0, 0.05) is 41.8 Å². The Balaban J connectivity index is 1.34. The second-order valence-corrected chi connectivity index (χ2v) is 10.7. The number of hydrogen-bond donors (Lipinski definition) is 1. The van der Waals surface area contributed by atoms with Crippen LogP contribution in [0.1, 0.15) is 30.0 Å². The first-order valence-corrected chi connectivity index (χ1v) is 13.7. The molecule has 3 aromatic carbocycles. The molecule has 11 heteroatoms. The van der Waals surface area contributed by atoms with Gasteiger partial charge < -0.3 is 19.5 Å². The number of amidine groups is 1. The molecule has 0 radical (unpaired) electrons. The molecule has 9 nitrogen and oxygen atoms in total. The molecule has 2 heterocycles. The molecule has 0 spiro atoms. The summed E-state index contributed by atoms with van der Waals surface area (Å²) in [6.45, 7) is 0. The molecule has 2 atom stereocenters. The van der Waals surface area contributed by atoms with Crippen molar-refractivity contribution in [2.45, 2.75) is 24.1 Å². The molecule has 40 heavy (non-hydrogen) atoms. The van der Waals surface area contributed by atoms with E-state index in [1.165, 1.54) is 26.0 Å². The molecule has 0 aliphatic carbocycles. The fourth-order valence-electron chi connectivity index (χ4n) is 4.45. The Bertz CT molecular complexity index is 1450. The number of nitrogens with one attached hydrogen (secondary N) is 1. The lowest BCUT2D eigenvalue weighted by atomic mass is 9.98. The molecule has 1 N–H and O–H groups in total. The average Bonchev–Trinajstić information content (AvgIpc) is 3.57. The van der Waals surface area contributed by atoms with Crippen molar-refractivity contribution in [2.75, 3.05) is 26.6 Å². The van der Waals surface area contributed by atoms with E-state index in [2.05, 4.69) is 10.3 Å². The van der Waals surface area contributed by atoms with Gasteiger partial charge in [-0.25, -0.2) is 5.01 Å². The Hall–Kier alpha value is -4.02. The summed E-state index contributed by atoms with van der Waals surface area (Å²) in [5.41, 5.74) is 3.29. The van der Waals surface area contributed by atoms with Crippen molar-refractivity contribution in [1.82, 2.24) is 5.01 Å². The minimum atomic E-state index is -0.672. The highest BCUT2D eigenvalue weighted by molar-refractivity contribution is 8.15. The summed E-state index contributed by atoms with van der Waals surface area (Å²) < 4.78 is 15.8. The van der Waals surface area contributed by atoms with Gasteiger partial charge in [-0.2, -0.15) is 10.1 Å². The summed E-state index contributed by atoms with van der Waals surface area (Å²) in [6.07, 6.45) is 0.551. The van der Waals surface area contributed by atoms with Crippen molar-refractivity contribution in [2.24, 2.45) is 10.1 Å². The third-order valence-electron chi connectivity index (χ3n) is 6.52. The predicted molar refractivity (Wildman–Crippen MR) is 157 cm³/mol. The molecule has 5 rings (SSSR count). The number of carbonyl (C=O) groups excluding carboxylic acids is 2. The van der Waals surface area contributed by atoms with Crippen LogP contribution in [-0.4, -0.2) is 54.3 Å². The number of anilines is 1. The lowest BCUT2D eigenvalue weighted by Gasteiger charge is -2.23. The van der Waals surface area contributed by atoms with Crippen molar-refractivity contribution in [3.8, 4) is 17.2 Å². The zero-order valence-corrected chi connectivity index (χ0v) is 23.7. The van der Waals surface area contributed by atoms with Gasteiger partial charge in [-0.3, -0.25) is 9.59 Å². The van der Waals surface area contributed by atoms with Gasteiger partial charge in [0.25, 0.3) is 5.91 Å². The molecule has 2 amide bonds. The van der Waals surface area contributed by atoms with E-state index in [-0.39, 0.29) is 24.3 Å². The standard InChI is InChI=1S/C29H27ClN4O5S/c1-37-21-10-6-18(7-11-21)25-15-24(17-4-8-19(30)9-5-17)33-34(25)29-32-28(36)26(40-29)16-27(35)31-20-12-22(38-2)14-23(13-20)39-3/h4-14,25-26H,15-16H2,1-3H3,(H,31,35)/t25-,26+/m1/s1. The number of nitrogens with zero attached hydrogens (tertiary/aromatic N) is 3. The number of hydrogen-bond acceptors (Lipinski definition) is 8. The highest BCUT2D eigenvalue weighted by Crippen LogP contribution is 2.39. The number of aliphatic imine (C=N–C) groups is 1. The number of thioether (sulfide) groups is 1. The van der Waals surface area contributed by atoms with E-state index in [9.17, 15) is 9.59 Å². The van der Waals surface area contributed by atoms with Crippen molar-refractivity contribution >= 4 is 51.7 Å².